The number of esters is 1. The smallest absolute Gasteiger partial charge is 0.377 e. The van der Waals surface area contributed by atoms with Gasteiger partial charge in [-0.2, -0.15) is 0 Å². The minimum Gasteiger partial charge on any atom is -0.463 e. The first-order chi connectivity index (χ1) is 12.4. The predicted octanol–water partition coefficient (Wildman–Crippen LogP) is -2.45. The van der Waals surface area contributed by atoms with Crippen LogP contribution >= 0.6 is 0 Å². The molecule has 0 spiro atoms. The van der Waals surface area contributed by atoms with Crippen LogP contribution in [-0.2, 0) is 23.9 Å². The number of Topliss-reactive ketones (excluding diaryl/α,β-unsaturated/α-hetero) is 3. The molecule has 148 valence electrons. The van der Waals surface area contributed by atoms with E-state index in [1.165, 1.54) is 0 Å². The highest BCUT2D eigenvalue weighted by molar-refractivity contribution is 5.99. The molecule has 1 unspecified atom stereocenters. The average Bonchev–Trinajstić information content (AvgIpc) is 3.17. The van der Waals surface area contributed by atoms with Crippen LogP contribution < -0.4 is 0 Å². The van der Waals surface area contributed by atoms with E-state index < -0.39 is 58.8 Å². The second-order valence-electron chi connectivity index (χ2n) is 6.15. The summed E-state index contributed by atoms with van der Waals surface area (Å²) in [6.45, 7) is 2.71. The summed E-state index contributed by atoms with van der Waals surface area (Å²) < 4.78 is 10.5. The second-order valence-corrected chi connectivity index (χ2v) is 6.15. The molecule has 27 heavy (non-hydrogen) atoms. The molecule has 12 nitrogen and oxygen atoms in total. The Morgan fingerprint density at radius 3 is 2.19 bits per heavy atom. The van der Waals surface area contributed by atoms with E-state index in [0.29, 0.717) is 4.68 Å². The number of carbonyl (C=O) groups is 4. The van der Waals surface area contributed by atoms with Gasteiger partial charge in [0, 0.05) is 0 Å². The van der Waals surface area contributed by atoms with E-state index in [1.54, 1.807) is 0 Å². The zero-order valence-electron chi connectivity index (χ0n) is 14.9. The quantitative estimate of drug-likeness (QED) is 0.443. The van der Waals surface area contributed by atoms with Gasteiger partial charge in [-0.3, -0.25) is 14.4 Å². The van der Waals surface area contributed by atoms with Crippen LogP contribution in [0.2, 0.25) is 0 Å². The highest BCUT2D eigenvalue weighted by atomic mass is 16.6. The number of methoxy groups -OCH3 is 1. The molecule has 1 aromatic heterocycles. The highest BCUT2D eigenvalue weighted by Gasteiger charge is 2.73. The Labute approximate surface area is 152 Å². The summed E-state index contributed by atoms with van der Waals surface area (Å²) in [7, 11) is 1.08. The summed E-state index contributed by atoms with van der Waals surface area (Å²) in [6, 6.07) is 0. The Morgan fingerprint density at radius 1 is 1.19 bits per heavy atom. The van der Waals surface area contributed by atoms with E-state index in [2.05, 4.69) is 14.8 Å². The first-order valence-electron chi connectivity index (χ1n) is 7.73. The van der Waals surface area contributed by atoms with E-state index >= 15 is 0 Å². The van der Waals surface area contributed by atoms with Gasteiger partial charge in [0.15, 0.2) is 29.2 Å². The molecule has 0 aliphatic carbocycles. The zero-order valence-corrected chi connectivity index (χ0v) is 14.9. The summed E-state index contributed by atoms with van der Waals surface area (Å²) in [5, 5.41) is 35.7. The van der Waals surface area contributed by atoms with Crippen LogP contribution in [0.15, 0.2) is 6.33 Å². The van der Waals surface area contributed by atoms with Crippen LogP contribution in [-0.4, -0.2) is 83.9 Å². The van der Waals surface area contributed by atoms with Crippen molar-refractivity contribution < 1.29 is 44.0 Å². The van der Waals surface area contributed by atoms with Crippen molar-refractivity contribution in [2.75, 3.05) is 7.11 Å². The number of aliphatic hydroxyl groups excluding tert-OH is 1. The summed E-state index contributed by atoms with van der Waals surface area (Å²) in [5.41, 5.74) is -5.90. The van der Waals surface area contributed by atoms with Crippen molar-refractivity contribution in [3.63, 3.8) is 0 Å². The Kier molecular flexibility index (Phi) is 5.30. The number of carbonyl (C=O) groups excluding carboxylic acids is 4. The van der Waals surface area contributed by atoms with Gasteiger partial charge in [-0.25, -0.2) is 14.5 Å². The van der Waals surface area contributed by atoms with Crippen LogP contribution in [0.5, 0.6) is 0 Å². The fourth-order valence-electron chi connectivity index (χ4n) is 2.99. The lowest BCUT2D eigenvalue weighted by Crippen LogP contribution is -2.67. The molecule has 0 aromatic carbocycles. The lowest BCUT2D eigenvalue weighted by Gasteiger charge is -2.37. The molecule has 1 aliphatic heterocycles. The van der Waals surface area contributed by atoms with E-state index in [0.717, 1.165) is 34.2 Å². The standard InChI is InChI=1S/C15H19N3O9/c1-6(19)9(22)10-14(24,7(2)20)15(25,8(3)21)13(27-10)18-5-16-11(17-18)12(23)26-4/h5,9-10,13,22,24-25H,1-4H3/t9?,10-,13-,14-,15+/m1/s1. The number of hydrogen-bond donors (Lipinski definition) is 3. The van der Waals surface area contributed by atoms with Gasteiger partial charge in [0.25, 0.3) is 5.82 Å². The Hall–Kier alpha value is -2.54. The maximum Gasteiger partial charge on any atom is 0.377 e. The minimum atomic E-state index is -2.97. The van der Waals surface area contributed by atoms with Gasteiger partial charge in [-0.05, 0) is 20.8 Å². The van der Waals surface area contributed by atoms with Gasteiger partial charge in [0.05, 0.1) is 7.11 Å². The van der Waals surface area contributed by atoms with Crippen molar-refractivity contribution in [2.45, 2.75) is 50.4 Å². The van der Waals surface area contributed by atoms with E-state index in [9.17, 15) is 34.5 Å². The molecule has 1 saturated heterocycles. The fourth-order valence-corrected chi connectivity index (χ4v) is 2.99. The average molecular weight is 385 g/mol. The molecule has 0 saturated carbocycles. The van der Waals surface area contributed by atoms with Gasteiger partial charge in [0.1, 0.15) is 18.5 Å². The van der Waals surface area contributed by atoms with Crippen LogP contribution in [0.1, 0.15) is 37.6 Å². The number of nitrogens with zero attached hydrogens (tertiary/aromatic N) is 3. The van der Waals surface area contributed by atoms with Gasteiger partial charge < -0.3 is 24.8 Å². The summed E-state index contributed by atoms with van der Waals surface area (Å²) >= 11 is 0. The third-order valence-corrected chi connectivity index (χ3v) is 4.52. The highest BCUT2D eigenvalue weighted by Crippen LogP contribution is 2.47. The van der Waals surface area contributed by atoms with Crippen LogP contribution in [0, 0.1) is 0 Å². The molecular weight excluding hydrogens is 366 g/mol. The molecule has 0 amide bonds. The van der Waals surface area contributed by atoms with Crippen molar-refractivity contribution in [2.24, 2.45) is 0 Å². The van der Waals surface area contributed by atoms with E-state index in [-0.39, 0.29) is 0 Å². The number of aliphatic hydroxyl groups is 3. The van der Waals surface area contributed by atoms with Crippen molar-refractivity contribution in [3.05, 3.63) is 12.2 Å². The minimum absolute atomic E-state index is 0.450. The summed E-state index contributed by atoms with van der Waals surface area (Å²) in [5.74, 6) is -4.48. The van der Waals surface area contributed by atoms with Crippen molar-refractivity contribution in [3.8, 4) is 0 Å². The topological polar surface area (TPSA) is 178 Å². The third-order valence-electron chi connectivity index (χ3n) is 4.52. The molecule has 0 radical (unpaired) electrons. The zero-order chi connectivity index (χ0) is 20.7. The molecule has 1 aliphatic rings. The lowest BCUT2D eigenvalue weighted by molar-refractivity contribution is -0.184. The summed E-state index contributed by atoms with van der Waals surface area (Å²) in [6.07, 6.45) is -4.97. The number of hydrogen-bond acceptors (Lipinski definition) is 11. The monoisotopic (exact) mass is 385 g/mol. The number of aromatic nitrogens is 3. The van der Waals surface area contributed by atoms with Crippen LogP contribution in [0.3, 0.4) is 0 Å². The number of rotatable bonds is 6. The number of ketones is 3. The molecule has 2 heterocycles. The van der Waals surface area contributed by atoms with Crippen molar-refractivity contribution in [1.29, 1.82) is 0 Å². The largest absolute Gasteiger partial charge is 0.463 e. The van der Waals surface area contributed by atoms with Crippen molar-refractivity contribution >= 4 is 23.3 Å². The maximum absolute atomic E-state index is 12.2. The van der Waals surface area contributed by atoms with Gasteiger partial charge in [-0.15, -0.1) is 5.10 Å². The van der Waals surface area contributed by atoms with Crippen molar-refractivity contribution in [1.82, 2.24) is 14.8 Å². The lowest BCUT2D eigenvalue weighted by atomic mass is 9.73. The molecular formula is C15H19N3O9. The van der Waals surface area contributed by atoms with Crippen LogP contribution in [0.25, 0.3) is 0 Å². The molecule has 2 rings (SSSR count). The first kappa shape index (κ1) is 20.8. The van der Waals surface area contributed by atoms with Crippen LogP contribution in [0.4, 0.5) is 0 Å². The SMILES string of the molecule is COC(=O)c1ncn([C@@H]2O[C@H](C(O)C(C)=O)[C@](O)(C(C)=O)[C@]2(O)C(C)=O)n1. The first-order valence-corrected chi connectivity index (χ1v) is 7.73. The molecule has 12 heteroatoms. The molecule has 1 aromatic rings. The number of ether oxygens (including phenoxy) is 2. The molecule has 1 fully saturated rings. The molecule has 3 N–H and O–H groups in total. The van der Waals surface area contributed by atoms with E-state index in [4.69, 9.17) is 4.74 Å². The Morgan fingerprint density at radius 2 is 1.74 bits per heavy atom. The third kappa shape index (κ3) is 2.86. The normalized spacial score (nSPS) is 31.4. The van der Waals surface area contributed by atoms with Gasteiger partial charge in [0.2, 0.25) is 5.60 Å². The predicted molar refractivity (Wildman–Crippen MR) is 83.2 cm³/mol. The Bertz CT molecular complexity index is 806. The Balaban J connectivity index is 2.65. The van der Waals surface area contributed by atoms with Gasteiger partial charge >= 0.3 is 5.97 Å². The molecule has 0 bridgehead atoms. The van der Waals surface area contributed by atoms with Gasteiger partial charge in [-0.1, -0.05) is 0 Å². The summed E-state index contributed by atoms with van der Waals surface area (Å²) in [4.78, 5) is 51.2. The fraction of sp³-hybridized carbons (Fsp3) is 0.600. The van der Waals surface area contributed by atoms with E-state index in [1.807, 2.05) is 0 Å². The molecule has 5 atom stereocenters. The maximum atomic E-state index is 12.2. The second kappa shape index (κ2) is 6.88.